The average molecular weight is 290 g/mol. The predicted molar refractivity (Wildman–Crippen MR) is 83.6 cm³/mol. The van der Waals surface area contributed by atoms with E-state index >= 15 is 0 Å². The fourth-order valence-corrected chi connectivity index (χ4v) is 2.95. The van der Waals surface area contributed by atoms with Gasteiger partial charge < -0.3 is 16.2 Å². The van der Waals surface area contributed by atoms with E-state index < -0.39 is 0 Å². The number of nitrogens with two attached hydrogens (primary N) is 1. The van der Waals surface area contributed by atoms with Crippen molar-refractivity contribution in [1.29, 1.82) is 0 Å². The van der Waals surface area contributed by atoms with Crippen molar-refractivity contribution in [1.82, 2.24) is 5.32 Å². The highest BCUT2D eigenvalue weighted by atomic mass is 16.3. The van der Waals surface area contributed by atoms with E-state index in [4.69, 9.17) is 5.73 Å². The van der Waals surface area contributed by atoms with Gasteiger partial charge in [0.2, 0.25) is 5.91 Å². The molecule has 1 amide bonds. The van der Waals surface area contributed by atoms with Gasteiger partial charge in [0.25, 0.3) is 0 Å². The van der Waals surface area contributed by atoms with Crippen molar-refractivity contribution in [2.24, 2.45) is 11.7 Å². The van der Waals surface area contributed by atoms with E-state index in [1.807, 2.05) is 30.3 Å². The van der Waals surface area contributed by atoms with Gasteiger partial charge in [0, 0.05) is 19.0 Å². The summed E-state index contributed by atoms with van der Waals surface area (Å²) in [6, 6.07) is 9.78. The SMILES string of the molecule is NC(CCC(=O)NCC1CCCC(O)C1)c1ccccc1. The first-order chi connectivity index (χ1) is 10.1. The lowest BCUT2D eigenvalue weighted by Gasteiger charge is -2.26. The molecular formula is C17H26N2O2. The Balaban J connectivity index is 1.65. The van der Waals surface area contributed by atoms with Crippen LogP contribution in [0.4, 0.5) is 0 Å². The summed E-state index contributed by atoms with van der Waals surface area (Å²) in [5, 5.41) is 12.6. The van der Waals surface area contributed by atoms with Gasteiger partial charge in [-0.3, -0.25) is 4.79 Å². The third-order valence-corrected chi connectivity index (χ3v) is 4.25. The number of aliphatic hydroxyl groups excluding tert-OH is 1. The van der Waals surface area contributed by atoms with Crippen LogP contribution >= 0.6 is 0 Å². The number of amides is 1. The van der Waals surface area contributed by atoms with Crippen molar-refractivity contribution in [2.45, 2.75) is 50.7 Å². The molecule has 1 aliphatic carbocycles. The number of nitrogens with one attached hydrogen (secondary N) is 1. The molecule has 4 nitrogen and oxygen atoms in total. The summed E-state index contributed by atoms with van der Waals surface area (Å²) in [6.07, 6.45) is 4.78. The van der Waals surface area contributed by atoms with Crippen LogP contribution in [0.5, 0.6) is 0 Å². The van der Waals surface area contributed by atoms with Gasteiger partial charge in [0.05, 0.1) is 6.10 Å². The molecule has 21 heavy (non-hydrogen) atoms. The molecule has 0 saturated heterocycles. The van der Waals surface area contributed by atoms with Crippen LogP contribution < -0.4 is 11.1 Å². The normalized spacial score (nSPS) is 23.5. The molecule has 1 aromatic carbocycles. The fraction of sp³-hybridized carbons (Fsp3) is 0.588. The number of hydrogen-bond donors (Lipinski definition) is 3. The molecule has 1 fully saturated rings. The van der Waals surface area contributed by atoms with Crippen LogP contribution in [0.15, 0.2) is 30.3 Å². The van der Waals surface area contributed by atoms with Crippen LogP contribution in [0.1, 0.15) is 50.1 Å². The van der Waals surface area contributed by atoms with Gasteiger partial charge in [-0.1, -0.05) is 36.8 Å². The second-order valence-electron chi connectivity index (χ2n) is 6.05. The quantitative estimate of drug-likeness (QED) is 0.751. The molecule has 1 aromatic rings. The van der Waals surface area contributed by atoms with E-state index in [9.17, 15) is 9.90 Å². The Morgan fingerprint density at radius 1 is 1.33 bits per heavy atom. The van der Waals surface area contributed by atoms with E-state index in [1.165, 1.54) is 0 Å². The van der Waals surface area contributed by atoms with Gasteiger partial charge in [0.1, 0.15) is 0 Å². The zero-order valence-corrected chi connectivity index (χ0v) is 12.5. The molecule has 0 aromatic heterocycles. The molecule has 3 unspecified atom stereocenters. The lowest BCUT2D eigenvalue weighted by molar-refractivity contribution is -0.121. The van der Waals surface area contributed by atoms with Crippen LogP contribution in [0.2, 0.25) is 0 Å². The molecule has 0 radical (unpaired) electrons. The Kier molecular flexibility index (Phi) is 6.21. The van der Waals surface area contributed by atoms with Crippen molar-refractivity contribution < 1.29 is 9.90 Å². The summed E-state index contributed by atoms with van der Waals surface area (Å²) in [5.74, 6) is 0.474. The Labute approximate surface area is 126 Å². The molecular weight excluding hydrogens is 264 g/mol. The highest BCUT2D eigenvalue weighted by Gasteiger charge is 2.20. The number of hydrogen-bond acceptors (Lipinski definition) is 3. The molecule has 0 bridgehead atoms. The van der Waals surface area contributed by atoms with Crippen molar-refractivity contribution in [3.05, 3.63) is 35.9 Å². The van der Waals surface area contributed by atoms with Crippen LogP contribution in [-0.2, 0) is 4.79 Å². The minimum absolute atomic E-state index is 0.0569. The monoisotopic (exact) mass is 290 g/mol. The molecule has 1 aliphatic rings. The maximum atomic E-state index is 11.9. The summed E-state index contributed by atoms with van der Waals surface area (Å²) < 4.78 is 0. The fourth-order valence-electron chi connectivity index (χ4n) is 2.95. The molecule has 4 heteroatoms. The summed E-state index contributed by atoms with van der Waals surface area (Å²) >= 11 is 0. The van der Waals surface area contributed by atoms with Gasteiger partial charge in [-0.25, -0.2) is 0 Å². The van der Waals surface area contributed by atoms with Gasteiger partial charge in [-0.05, 0) is 37.2 Å². The van der Waals surface area contributed by atoms with Crippen molar-refractivity contribution in [3.8, 4) is 0 Å². The molecule has 4 N–H and O–H groups in total. The maximum absolute atomic E-state index is 11.9. The third kappa shape index (κ3) is 5.48. The molecule has 0 spiro atoms. The molecule has 1 saturated carbocycles. The number of benzene rings is 1. The van der Waals surface area contributed by atoms with Crippen LogP contribution in [-0.4, -0.2) is 23.7 Å². The smallest absolute Gasteiger partial charge is 0.220 e. The predicted octanol–water partition coefficient (Wildman–Crippen LogP) is 2.13. The van der Waals surface area contributed by atoms with Gasteiger partial charge in [-0.2, -0.15) is 0 Å². The number of carbonyl (C=O) groups excluding carboxylic acids is 1. The van der Waals surface area contributed by atoms with E-state index in [-0.39, 0.29) is 18.1 Å². The minimum atomic E-state index is -0.188. The molecule has 0 heterocycles. The lowest BCUT2D eigenvalue weighted by Crippen LogP contribution is -2.33. The average Bonchev–Trinajstić information content (AvgIpc) is 2.51. The van der Waals surface area contributed by atoms with Gasteiger partial charge in [0.15, 0.2) is 0 Å². The van der Waals surface area contributed by atoms with Crippen molar-refractivity contribution in [2.75, 3.05) is 6.54 Å². The standard InChI is InChI=1S/C17H26N2O2/c18-16(14-6-2-1-3-7-14)9-10-17(21)19-12-13-5-4-8-15(20)11-13/h1-3,6-7,13,15-16,20H,4-5,8-12,18H2,(H,19,21). The molecule has 0 aliphatic heterocycles. The molecule has 3 atom stereocenters. The topological polar surface area (TPSA) is 75.4 Å². The largest absolute Gasteiger partial charge is 0.393 e. The van der Waals surface area contributed by atoms with Crippen molar-refractivity contribution in [3.63, 3.8) is 0 Å². The van der Waals surface area contributed by atoms with Crippen molar-refractivity contribution >= 4 is 5.91 Å². The number of carbonyl (C=O) groups is 1. The highest BCUT2D eigenvalue weighted by molar-refractivity contribution is 5.75. The summed E-state index contributed by atoms with van der Waals surface area (Å²) in [6.45, 7) is 0.677. The third-order valence-electron chi connectivity index (χ3n) is 4.25. The Morgan fingerprint density at radius 2 is 2.10 bits per heavy atom. The Bertz CT molecular complexity index is 436. The van der Waals surface area contributed by atoms with Crippen LogP contribution in [0.25, 0.3) is 0 Å². The minimum Gasteiger partial charge on any atom is -0.393 e. The second kappa shape index (κ2) is 8.15. The van der Waals surface area contributed by atoms with E-state index in [2.05, 4.69) is 5.32 Å². The highest BCUT2D eigenvalue weighted by Crippen LogP contribution is 2.23. The zero-order valence-electron chi connectivity index (χ0n) is 12.5. The van der Waals surface area contributed by atoms with Crippen LogP contribution in [0, 0.1) is 5.92 Å². The zero-order chi connectivity index (χ0) is 15.1. The summed E-state index contributed by atoms with van der Waals surface area (Å²) in [4.78, 5) is 11.9. The van der Waals surface area contributed by atoms with Gasteiger partial charge in [-0.15, -0.1) is 0 Å². The van der Waals surface area contributed by atoms with Crippen LogP contribution in [0.3, 0.4) is 0 Å². The summed E-state index contributed by atoms with van der Waals surface area (Å²) in [5.41, 5.74) is 7.16. The first-order valence-corrected chi connectivity index (χ1v) is 7.90. The van der Waals surface area contributed by atoms with E-state index in [1.54, 1.807) is 0 Å². The molecule has 116 valence electrons. The second-order valence-corrected chi connectivity index (χ2v) is 6.05. The van der Waals surface area contributed by atoms with E-state index in [0.717, 1.165) is 31.2 Å². The van der Waals surface area contributed by atoms with Gasteiger partial charge >= 0.3 is 0 Å². The first-order valence-electron chi connectivity index (χ1n) is 7.90. The lowest BCUT2D eigenvalue weighted by atomic mass is 9.87. The maximum Gasteiger partial charge on any atom is 0.220 e. The molecule has 2 rings (SSSR count). The first kappa shape index (κ1) is 16.0. The number of aliphatic hydroxyl groups is 1. The Morgan fingerprint density at radius 3 is 2.81 bits per heavy atom. The Hall–Kier alpha value is -1.39. The summed E-state index contributed by atoms with van der Waals surface area (Å²) in [7, 11) is 0. The van der Waals surface area contributed by atoms with E-state index in [0.29, 0.717) is 25.3 Å². The number of rotatable bonds is 6.